The quantitative estimate of drug-likeness (QED) is 0.753. The molecule has 27 heavy (non-hydrogen) atoms. The number of benzene rings is 1. The number of carbonyl (C=O) groups is 2. The predicted molar refractivity (Wildman–Crippen MR) is 103 cm³/mol. The number of hydrogen-bond acceptors (Lipinski definition) is 5. The second-order valence-electron chi connectivity index (χ2n) is 6.52. The molecule has 0 aliphatic heterocycles. The van der Waals surface area contributed by atoms with Crippen molar-refractivity contribution in [2.24, 2.45) is 0 Å². The molecule has 146 valence electrons. The van der Waals surface area contributed by atoms with E-state index in [2.05, 4.69) is 20.8 Å². The van der Waals surface area contributed by atoms with Crippen molar-refractivity contribution in [2.45, 2.75) is 39.3 Å². The van der Waals surface area contributed by atoms with Crippen LogP contribution in [0.2, 0.25) is 10.0 Å². The van der Waals surface area contributed by atoms with Gasteiger partial charge in [0.15, 0.2) is 5.82 Å². The lowest BCUT2D eigenvalue weighted by atomic mass is 10.1. The van der Waals surface area contributed by atoms with Gasteiger partial charge in [0.2, 0.25) is 5.91 Å². The number of rotatable bonds is 7. The van der Waals surface area contributed by atoms with Crippen LogP contribution in [0, 0.1) is 0 Å². The first-order valence-electron chi connectivity index (χ1n) is 8.46. The number of nitrogens with zero attached hydrogens (tertiary/aromatic N) is 5. The molecule has 8 nitrogen and oxygen atoms in total. The molecule has 2 rings (SSSR count). The molecule has 10 heteroatoms. The van der Waals surface area contributed by atoms with Crippen LogP contribution in [0.15, 0.2) is 18.2 Å². The van der Waals surface area contributed by atoms with Crippen LogP contribution in [0.4, 0.5) is 0 Å². The fraction of sp³-hybridized carbons (Fsp3) is 0.471. The van der Waals surface area contributed by atoms with Crippen molar-refractivity contribution in [1.82, 2.24) is 30.4 Å². The molecule has 0 radical (unpaired) electrons. The van der Waals surface area contributed by atoms with Crippen LogP contribution >= 0.6 is 23.2 Å². The molecule has 0 spiro atoms. The minimum absolute atomic E-state index is 0.0189. The standard InChI is InChI=1S/C17H22Cl2N6O2/c1-10(2)16-21-22-23-25(16)9-14(26)20-8-11(3)24(4)17(27)12-6-5-7-13(18)15(12)19/h5-7,10-11H,8-9H2,1-4H3,(H,20,26). The van der Waals surface area contributed by atoms with Crippen LogP contribution in [0.3, 0.4) is 0 Å². The van der Waals surface area contributed by atoms with Gasteiger partial charge in [-0.15, -0.1) is 5.10 Å². The summed E-state index contributed by atoms with van der Waals surface area (Å²) in [5, 5.41) is 14.7. The van der Waals surface area contributed by atoms with Gasteiger partial charge in [0, 0.05) is 25.6 Å². The summed E-state index contributed by atoms with van der Waals surface area (Å²) in [7, 11) is 1.65. The third-order valence-corrected chi connectivity index (χ3v) is 4.95. The summed E-state index contributed by atoms with van der Waals surface area (Å²) in [5.74, 6) is 0.239. The van der Waals surface area contributed by atoms with Crippen molar-refractivity contribution in [3.8, 4) is 0 Å². The molecule has 1 N–H and O–H groups in total. The molecule has 1 aromatic heterocycles. The Hall–Kier alpha value is -2.19. The second-order valence-corrected chi connectivity index (χ2v) is 7.31. The molecule has 2 amide bonds. The Balaban J connectivity index is 1.93. The topological polar surface area (TPSA) is 93.0 Å². The minimum Gasteiger partial charge on any atom is -0.352 e. The zero-order valence-electron chi connectivity index (χ0n) is 15.6. The molecule has 1 atom stereocenters. The lowest BCUT2D eigenvalue weighted by Crippen LogP contribution is -2.44. The highest BCUT2D eigenvalue weighted by Crippen LogP contribution is 2.26. The van der Waals surface area contributed by atoms with Crippen molar-refractivity contribution in [3.63, 3.8) is 0 Å². The fourth-order valence-corrected chi connectivity index (χ4v) is 2.77. The van der Waals surface area contributed by atoms with Crippen molar-refractivity contribution in [1.29, 1.82) is 0 Å². The van der Waals surface area contributed by atoms with Gasteiger partial charge in [0.1, 0.15) is 6.54 Å². The summed E-state index contributed by atoms with van der Waals surface area (Å²) >= 11 is 12.1. The number of tetrazole rings is 1. The number of nitrogens with one attached hydrogen (secondary N) is 1. The molecule has 0 aliphatic rings. The van der Waals surface area contributed by atoms with E-state index in [4.69, 9.17) is 23.2 Å². The lowest BCUT2D eigenvalue weighted by Gasteiger charge is -2.25. The summed E-state index contributed by atoms with van der Waals surface area (Å²) < 4.78 is 1.46. The molecular weight excluding hydrogens is 391 g/mol. The maximum Gasteiger partial charge on any atom is 0.255 e. The summed E-state index contributed by atoms with van der Waals surface area (Å²) in [4.78, 5) is 26.3. The smallest absolute Gasteiger partial charge is 0.255 e. The monoisotopic (exact) mass is 412 g/mol. The Labute approximate surface area is 167 Å². The highest BCUT2D eigenvalue weighted by atomic mass is 35.5. The van der Waals surface area contributed by atoms with E-state index in [0.29, 0.717) is 16.4 Å². The third-order valence-electron chi connectivity index (χ3n) is 4.13. The summed E-state index contributed by atoms with van der Waals surface area (Å²) in [5.41, 5.74) is 0.320. The van der Waals surface area contributed by atoms with E-state index < -0.39 is 0 Å². The van der Waals surface area contributed by atoms with Crippen molar-refractivity contribution in [3.05, 3.63) is 39.6 Å². The number of likely N-dealkylation sites (N-methyl/N-ethyl adjacent to an activating group) is 1. The highest BCUT2D eigenvalue weighted by Gasteiger charge is 2.21. The summed E-state index contributed by atoms with van der Waals surface area (Å²) in [6.45, 7) is 6.02. The van der Waals surface area contributed by atoms with Crippen LogP contribution in [-0.4, -0.2) is 56.6 Å². The average molecular weight is 413 g/mol. The maximum absolute atomic E-state index is 12.6. The van der Waals surface area contributed by atoms with Gasteiger partial charge in [-0.05, 0) is 29.5 Å². The SMILES string of the molecule is CC(C)c1nnnn1CC(=O)NCC(C)N(C)C(=O)c1cccc(Cl)c1Cl. The Morgan fingerprint density at radius 1 is 1.26 bits per heavy atom. The molecule has 1 unspecified atom stereocenters. The van der Waals surface area contributed by atoms with Crippen LogP contribution < -0.4 is 5.32 Å². The van der Waals surface area contributed by atoms with Crippen molar-refractivity contribution >= 4 is 35.0 Å². The van der Waals surface area contributed by atoms with Gasteiger partial charge in [-0.1, -0.05) is 43.1 Å². The summed E-state index contributed by atoms with van der Waals surface area (Å²) in [6.07, 6.45) is 0. The molecule has 0 fully saturated rings. The Morgan fingerprint density at radius 3 is 2.63 bits per heavy atom. The zero-order chi connectivity index (χ0) is 20.1. The van der Waals surface area contributed by atoms with E-state index in [1.54, 1.807) is 25.2 Å². The molecular formula is C17H22Cl2N6O2. The van der Waals surface area contributed by atoms with E-state index in [-0.39, 0.29) is 41.9 Å². The normalized spacial score (nSPS) is 12.1. The lowest BCUT2D eigenvalue weighted by molar-refractivity contribution is -0.122. The largest absolute Gasteiger partial charge is 0.352 e. The van der Waals surface area contributed by atoms with Crippen molar-refractivity contribution in [2.75, 3.05) is 13.6 Å². The molecule has 0 aliphatic carbocycles. The third kappa shape index (κ3) is 5.17. The number of hydrogen-bond donors (Lipinski definition) is 1. The van der Waals surface area contributed by atoms with E-state index >= 15 is 0 Å². The van der Waals surface area contributed by atoms with Crippen LogP contribution in [0.25, 0.3) is 0 Å². The number of carbonyl (C=O) groups excluding carboxylic acids is 2. The first kappa shape index (κ1) is 21.1. The van der Waals surface area contributed by atoms with E-state index in [1.165, 1.54) is 9.58 Å². The van der Waals surface area contributed by atoms with Gasteiger partial charge in [0.05, 0.1) is 15.6 Å². The van der Waals surface area contributed by atoms with E-state index in [1.807, 2.05) is 20.8 Å². The number of amides is 2. The summed E-state index contributed by atoms with van der Waals surface area (Å²) in [6, 6.07) is 4.65. The zero-order valence-corrected chi connectivity index (χ0v) is 17.1. The van der Waals surface area contributed by atoms with Gasteiger partial charge < -0.3 is 10.2 Å². The van der Waals surface area contributed by atoms with Crippen LogP contribution in [-0.2, 0) is 11.3 Å². The molecule has 1 heterocycles. The van der Waals surface area contributed by atoms with Crippen LogP contribution in [0.1, 0.15) is 42.9 Å². The average Bonchev–Trinajstić information content (AvgIpc) is 3.09. The Kier molecular flexibility index (Phi) is 7.15. The van der Waals surface area contributed by atoms with Gasteiger partial charge >= 0.3 is 0 Å². The molecule has 0 saturated heterocycles. The van der Waals surface area contributed by atoms with Gasteiger partial charge in [-0.3, -0.25) is 9.59 Å². The van der Waals surface area contributed by atoms with Gasteiger partial charge in [0.25, 0.3) is 5.91 Å². The second kappa shape index (κ2) is 9.14. The Bertz CT molecular complexity index is 824. The van der Waals surface area contributed by atoms with Crippen molar-refractivity contribution < 1.29 is 9.59 Å². The Morgan fingerprint density at radius 2 is 1.96 bits per heavy atom. The van der Waals surface area contributed by atoms with Gasteiger partial charge in [-0.25, -0.2) is 4.68 Å². The van der Waals surface area contributed by atoms with E-state index in [0.717, 1.165) is 0 Å². The maximum atomic E-state index is 12.6. The van der Waals surface area contributed by atoms with Crippen LogP contribution in [0.5, 0.6) is 0 Å². The van der Waals surface area contributed by atoms with E-state index in [9.17, 15) is 9.59 Å². The van der Waals surface area contributed by atoms with Gasteiger partial charge in [-0.2, -0.15) is 0 Å². The molecule has 0 bridgehead atoms. The molecule has 0 saturated carbocycles. The number of halogens is 2. The predicted octanol–water partition coefficient (Wildman–Crippen LogP) is 2.38. The molecule has 1 aromatic carbocycles. The minimum atomic E-state index is -0.271. The first-order chi connectivity index (χ1) is 12.7. The first-order valence-corrected chi connectivity index (χ1v) is 9.21. The highest BCUT2D eigenvalue weighted by molar-refractivity contribution is 6.43. The number of aromatic nitrogens is 4. The fourth-order valence-electron chi connectivity index (χ4n) is 2.39. The molecule has 2 aromatic rings.